The van der Waals surface area contributed by atoms with Crippen molar-refractivity contribution in [3.8, 4) is 5.75 Å². The minimum Gasteiger partial charge on any atom is -0.508 e. The maximum Gasteiger partial charge on any atom is 0.458 e. The van der Waals surface area contributed by atoms with Gasteiger partial charge >= 0.3 is 7.12 Å². The highest BCUT2D eigenvalue weighted by molar-refractivity contribution is 6.43. The molecular weight excluding hydrogens is 326 g/mol. The molecule has 0 saturated heterocycles. The molecule has 0 spiro atoms. The van der Waals surface area contributed by atoms with Crippen molar-refractivity contribution in [1.82, 2.24) is 0 Å². The van der Waals surface area contributed by atoms with E-state index < -0.39 is 7.12 Å². The monoisotopic (exact) mass is 348 g/mol. The van der Waals surface area contributed by atoms with Gasteiger partial charge in [-0.15, -0.1) is 0 Å². The molecule has 0 aliphatic carbocycles. The molecule has 0 aromatic heterocycles. The Kier molecular flexibility index (Phi) is 6.69. The van der Waals surface area contributed by atoms with Gasteiger partial charge < -0.3 is 19.9 Å². The first-order chi connectivity index (χ1) is 11.4. The normalized spacial score (nSPS) is 18.5. The van der Waals surface area contributed by atoms with Crippen molar-refractivity contribution in [3.05, 3.63) is 58.2 Å². The molecule has 1 unspecified atom stereocenters. The maximum absolute atomic E-state index is 9.70. The van der Waals surface area contributed by atoms with Gasteiger partial charge in [0, 0.05) is 6.32 Å². The summed E-state index contributed by atoms with van der Waals surface area (Å²) in [7, 11) is -0.818. The predicted octanol–water partition coefficient (Wildman–Crippen LogP) is 3.58. The van der Waals surface area contributed by atoms with E-state index in [1.165, 1.54) is 6.07 Å². The number of rotatable bonds is 6. The molecule has 0 saturated carbocycles. The standard InChI is InChI=1S/C18H22BClO4/c1-12(9-14-4-5-15(22)10-17(14)20)3-6-18-16(13(2)11-21)7-8-19(23)24-18/h4-5,7,9-10,18,21-23H,2-3,6,8,11H2,1H3/b12-9+. The summed E-state index contributed by atoms with van der Waals surface area (Å²) in [4.78, 5) is 0. The Hall–Kier alpha value is -1.53. The molecule has 0 radical (unpaired) electrons. The van der Waals surface area contributed by atoms with Crippen molar-refractivity contribution < 1.29 is 19.9 Å². The van der Waals surface area contributed by atoms with Crippen LogP contribution in [0, 0.1) is 0 Å². The third-order valence-electron chi connectivity index (χ3n) is 3.99. The second-order valence-corrected chi connectivity index (χ2v) is 6.38. The lowest BCUT2D eigenvalue weighted by Gasteiger charge is -2.27. The van der Waals surface area contributed by atoms with E-state index in [2.05, 4.69) is 6.58 Å². The van der Waals surface area contributed by atoms with E-state index in [1.54, 1.807) is 12.1 Å². The van der Waals surface area contributed by atoms with Crippen LogP contribution in [0.2, 0.25) is 11.3 Å². The van der Waals surface area contributed by atoms with Crippen LogP contribution in [0.25, 0.3) is 6.08 Å². The quantitative estimate of drug-likeness (QED) is 0.687. The largest absolute Gasteiger partial charge is 0.508 e. The topological polar surface area (TPSA) is 69.9 Å². The Balaban J connectivity index is 2.05. The summed E-state index contributed by atoms with van der Waals surface area (Å²) < 4.78 is 5.59. The summed E-state index contributed by atoms with van der Waals surface area (Å²) in [6.45, 7) is 5.72. The highest BCUT2D eigenvalue weighted by Gasteiger charge is 2.27. The first-order valence-corrected chi connectivity index (χ1v) is 8.26. The van der Waals surface area contributed by atoms with Crippen LogP contribution in [-0.2, 0) is 4.65 Å². The lowest BCUT2D eigenvalue weighted by atomic mass is 9.78. The summed E-state index contributed by atoms with van der Waals surface area (Å²) >= 11 is 6.11. The summed E-state index contributed by atoms with van der Waals surface area (Å²) in [6.07, 6.45) is 5.37. The number of aromatic hydroxyl groups is 1. The average Bonchev–Trinajstić information content (AvgIpc) is 2.55. The number of phenolic OH excluding ortho intramolecular Hbond substituents is 1. The van der Waals surface area contributed by atoms with E-state index >= 15 is 0 Å². The molecule has 0 fully saturated rings. The molecule has 1 aliphatic heterocycles. The number of allylic oxidation sites excluding steroid dienone is 2. The van der Waals surface area contributed by atoms with Gasteiger partial charge in [0.25, 0.3) is 0 Å². The first-order valence-electron chi connectivity index (χ1n) is 7.89. The fourth-order valence-corrected chi connectivity index (χ4v) is 2.92. The summed E-state index contributed by atoms with van der Waals surface area (Å²) in [6, 6.07) is 4.87. The van der Waals surface area contributed by atoms with Crippen molar-refractivity contribution in [2.24, 2.45) is 0 Å². The predicted molar refractivity (Wildman–Crippen MR) is 98.0 cm³/mol. The lowest BCUT2D eigenvalue weighted by molar-refractivity contribution is 0.180. The molecule has 2 rings (SSSR count). The van der Waals surface area contributed by atoms with Gasteiger partial charge in [0.2, 0.25) is 0 Å². The molecule has 1 aromatic rings. The summed E-state index contributed by atoms with van der Waals surface area (Å²) in [5, 5.41) is 28.9. The van der Waals surface area contributed by atoms with Crippen LogP contribution in [0.15, 0.2) is 47.6 Å². The molecule has 6 heteroatoms. The van der Waals surface area contributed by atoms with Gasteiger partial charge in [-0.05, 0) is 54.7 Å². The fourth-order valence-electron chi connectivity index (χ4n) is 2.69. The van der Waals surface area contributed by atoms with E-state index in [0.29, 0.717) is 23.3 Å². The van der Waals surface area contributed by atoms with Crippen LogP contribution >= 0.6 is 11.6 Å². The zero-order valence-corrected chi connectivity index (χ0v) is 14.5. The molecule has 0 bridgehead atoms. The van der Waals surface area contributed by atoms with E-state index in [0.717, 1.165) is 23.1 Å². The van der Waals surface area contributed by atoms with Crippen molar-refractivity contribution in [2.75, 3.05) is 6.61 Å². The average molecular weight is 349 g/mol. The van der Waals surface area contributed by atoms with Gasteiger partial charge in [-0.2, -0.15) is 0 Å². The molecule has 1 atom stereocenters. The van der Waals surface area contributed by atoms with Crippen molar-refractivity contribution in [2.45, 2.75) is 32.2 Å². The Morgan fingerprint density at radius 1 is 1.50 bits per heavy atom. The van der Waals surface area contributed by atoms with Crippen LogP contribution in [0.5, 0.6) is 5.75 Å². The molecule has 1 aliphatic rings. The number of aliphatic hydroxyl groups excluding tert-OH is 1. The molecule has 4 nitrogen and oxygen atoms in total. The third kappa shape index (κ3) is 4.98. The number of halogens is 1. The second-order valence-electron chi connectivity index (χ2n) is 5.97. The number of benzene rings is 1. The van der Waals surface area contributed by atoms with Gasteiger partial charge in [0.15, 0.2) is 0 Å². The Bertz CT molecular complexity index is 669. The SMILES string of the molecule is C=C(CO)C1=CCB(O)OC1CC/C(C)=C/c1ccc(O)cc1Cl. The van der Waals surface area contributed by atoms with Gasteiger partial charge in [0.05, 0.1) is 17.7 Å². The zero-order chi connectivity index (χ0) is 17.7. The molecule has 1 heterocycles. The maximum atomic E-state index is 9.70. The fraction of sp³-hybridized carbons (Fsp3) is 0.333. The van der Waals surface area contributed by atoms with E-state index in [1.807, 2.05) is 19.1 Å². The second kappa shape index (κ2) is 8.54. The third-order valence-corrected chi connectivity index (χ3v) is 4.32. The van der Waals surface area contributed by atoms with Gasteiger partial charge in [-0.25, -0.2) is 0 Å². The Morgan fingerprint density at radius 2 is 2.25 bits per heavy atom. The summed E-state index contributed by atoms with van der Waals surface area (Å²) in [5.74, 6) is 0.136. The Labute approximate surface area is 147 Å². The van der Waals surface area contributed by atoms with E-state index in [-0.39, 0.29) is 18.5 Å². The van der Waals surface area contributed by atoms with Crippen LogP contribution in [0.4, 0.5) is 0 Å². The zero-order valence-electron chi connectivity index (χ0n) is 13.7. The Morgan fingerprint density at radius 3 is 2.92 bits per heavy atom. The minimum absolute atomic E-state index is 0.125. The van der Waals surface area contributed by atoms with Gasteiger partial charge in [-0.1, -0.05) is 35.9 Å². The highest BCUT2D eigenvalue weighted by atomic mass is 35.5. The molecular formula is C18H22BClO4. The van der Waals surface area contributed by atoms with E-state index in [9.17, 15) is 15.2 Å². The molecule has 24 heavy (non-hydrogen) atoms. The number of hydrogen-bond donors (Lipinski definition) is 3. The smallest absolute Gasteiger partial charge is 0.458 e. The number of aliphatic hydroxyl groups is 1. The molecule has 3 N–H and O–H groups in total. The molecule has 0 amide bonds. The van der Waals surface area contributed by atoms with E-state index in [4.69, 9.17) is 16.3 Å². The van der Waals surface area contributed by atoms with Crippen molar-refractivity contribution in [3.63, 3.8) is 0 Å². The van der Waals surface area contributed by atoms with Crippen molar-refractivity contribution in [1.29, 1.82) is 0 Å². The lowest BCUT2D eigenvalue weighted by Crippen LogP contribution is -2.32. The highest BCUT2D eigenvalue weighted by Crippen LogP contribution is 2.28. The van der Waals surface area contributed by atoms with Gasteiger partial charge in [0.1, 0.15) is 5.75 Å². The van der Waals surface area contributed by atoms with Crippen LogP contribution in [-0.4, -0.2) is 35.1 Å². The van der Waals surface area contributed by atoms with Crippen molar-refractivity contribution >= 4 is 24.8 Å². The molecule has 128 valence electrons. The van der Waals surface area contributed by atoms with Crippen LogP contribution in [0.3, 0.4) is 0 Å². The summed E-state index contributed by atoms with van der Waals surface area (Å²) in [5.41, 5.74) is 3.42. The number of phenols is 1. The minimum atomic E-state index is -0.818. The van der Waals surface area contributed by atoms with Gasteiger partial charge in [-0.3, -0.25) is 0 Å². The molecule has 1 aromatic carbocycles. The first kappa shape index (κ1) is 18.8. The van der Waals surface area contributed by atoms with Crippen LogP contribution in [0.1, 0.15) is 25.3 Å². The van der Waals surface area contributed by atoms with Crippen LogP contribution < -0.4 is 0 Å². The number of hydrogen-bond acceptors (Lipinski definition) is 4.